The van der Waals surface area contributed by atoms with E-state index >= 15 is 0 Å². The number of nitrogens with zero attached hydrogens (tertiary/aromatic N) is 2. The molecule has 3 aromatic carbocycles. The van der Waals surface area contributed by atoms with Crippen molar-refractivity contribution < 1.29 is 19.6 Å². The maximum atomic E-state index is 12.2. The van der Waals surface area contributed by atoms with Gasteiger partial charge in [-0.1, -0.05) is 36.4 Å². The van der Waals surface area contributed by atoms with Gasteiger partial charge in [0, 0.05) is 23.1 Å². The highest BCUT2D eigenvalue weighted by Crippen LogP contribution is 2.26. The number of rotatable bonds is 6. The monoisotopic (exact) mass is 379 g/mol. The lowest BCUT2D eigenvalue weighted by Crippen LogP contribution is -2.33. The standard InChI is InChI=1S/C20H17N3O5/c1-13(28-19-8-4-6-14-5-2-3-7-17(14)19)20(25)22-21-12-15-11-16(23(26)27)9-10-18(15)24/h2-13,24H,1H3,(H,22,25). The predicted octanol–water partition coefficient (Wildman–Crippen LogP) is 3.37. The van der Waals surface area contributed by atoms with Gasteiger partial charge in [0.15, 0.2) is 6.10 Å². The van der Waals surface area contributed by atoms with Crippen molar-refractivity contribution in [3.05, 3.63) is 76.3 Å². The molecule has 3 rings (SSSR count). The molecule has 0 aliphatic rings. The Hall–Kier alpha value is -3.94. The number of amides is 1. The number of aromatic hydroxyl groups is 1. The maximum Gasteiger partial charge on any atom is 0.280 e. The third-order valence-electron chi connectivity index (χ3n) is 4.02. The molecule has 0 aliphatic carbocycles. The number of non-ortho nitro benzene ring substituents is 1. The van der Waals surface area contributed by atoms with Crippen LogP contribution in [0.2, 0.25) is 0 Å². The summed E-state index contributed by atoms with van der Waals surface area (Å²) in [5.41, 5.74) is 2.21. The quantitative estimate of drug-likeness (QED) is 0.387. The second-order valence-corrected chi connectivity index (χ2v) is 5.97. The van der Waals surface area contributed by atoms with E-state index < -0.39 is 16.9 Å². The molecule has 8 heteroatoms. The van der Waals surface area contributed by atoms with Gasteiger partial charge in [0.05, 0.1) is 11.1 Å². The van der Waals surface area contributed by atoms with Gasteiger partial charge in [-0.25, -0.2) is 5.43 Å². The highest BCUT2D eigenvalue weighted by Gasteiger charge is 2.15. The van der Waals surface area contributed by atoms with E-state index in [4.69, 9.17) is 4.74 Å². The van der Waals surface area contributed by atoms with Crippen LogP contribution in [0.4, 0.5) is 5.69 Å². The maximum absolute atomic E-state index is 12.2. The first-order valence-corrected chi connectivity index (χ1v) is 8.40. The molecular formula is C20H17N3O5. The zero-order valence-corrected chi connectivity index (χ0v) is 14.9. The van der Waals surface area contributed by atoms with Gasteiger partial charge in [0.1, 0.15) is 11.5 Å². The first-order valence-electron chi connectivity index (χ1n) is 8.40. The minimum Gasteiger partial charge on any atom is -0.507 e. The number of phenolic OH excluding ortho intramolecular Hbond substituents is 1. The molecule has 0 saturated heterocycles. The fourth-order valence-electron chi connectivity index (χ4n) is 2.56. The van der Waals surface area contributed by atoms with Crippen LogP contribution in [0.25, 0.3) is 10.8 Å². The fraction of sp³-hybridized carbons (Fsp3) is 0.100. The number of hydrazone groups is 1. The molecule has 0 radical (unpaired) electrons. The minimum absolute atomic E-state index is 0.108. The summed E-state index contributed by atoms with van der Waals surface area (Å²) in [6.07, 6.45) is 0.298. The number of nitrogens with one attached hydrogen (secondary N) is 1. The van der Waals surface area contributed by atoms with Gasteiger partial charge in [-0.2, -0.15) is 5.10 Å². The Morgan fingerprint density at radius 3 is 2.75 bits per heavy atom. The Balaban J connectivity index is 1.67. The number of nitro benzene ring substituents is 1. The van der Waals surface area contributed by atoms with Crippen LogP contribution in [-0.4, -0.2) is 28.3 Å². The first kappa shape index (κ1) is 18.8. The van der Waals surface area contributed by atoms with E-state index in [2.05, 4.69) is 10.5 Å². The van der Waals surface area contributed by atoms with Crippen LogP contribution in [-0.2, 0) is 4.79 Å². The Labute approximate surface area is 160 Å². The number of hydrogen-bond acceptors (Lipinski definition) is 6. The van der Waals surface area contributed by atoms with Crippen molar-refractivity contribution in [2.24, 2.45) is 5.10 Å². The number of phenols is 1. The van der Waals surface area contributed by atoms with Gasteiger partial charge >= 0.3 is 0 Å². The third kappa shape index (κ3) is 4.24. The summed E-state index contributed by atoms with van der Waals surface area (Å²) in [7, 11) is 0. The molecule has 142 valence electrons. The van der Waals surface area contributed by atoms with Gasteiger partial charge in [0.25, 0.3) is 11.6 Å². The molecule has 0 bridgehead atoms. The molecule has 1 unspecified atom stereocenters. The molecule has 2 N–H and O–H groups in total. The van der Waals surface area contributed by atoms with Crippen molar-refractivity contribution in [3.63, 3.8) is 0 Å². The third-order valence-corrected chi connectivity index (χ3v) is 4.02. The average molecular weight is 379 g/mol. The van der Waals surface area contributed by atoms with Crippen LogP contribution in [0, 0.1) is 10.1 Å². The molecule has 0 aliphatic heterocycles. The minimum atomic E-state index is -0.832. The molecule has 3 aromatic rings. The van der Waals surface area contributed by atoms with Crippen molar-refractivity contribution in [1.82, 2.24) is 5.43 Å². The molecule has 0 aromatic heterocycles. The lowest BCUT2D eigenvalue weighted by molar-refractivity contribution is -0.384. The van der Waals surface area contributed by atoms with Crippen molar-refractivity contribution in [2.75, 3.05) is 0 Å². The van der Waals surface area contributed by atoms with Crippen molar-refractivity contribution >= 4 is 28.6 Å². The number of carbonyl (C=O) groups excluding carboxylic acids is 1. The molecule has 0 spiro atoms. The molecule has 0 fully saturated rings. The molecule has 28 heavy (non-hydrogen) atoms. The largest absolute Gasteiger partial charge is 0.507 e. The Morgan fingerprint density at radius 1 is 1.21 bits per heavy atom. The van der Waals surface area contributed by atoms with Crippen molar-refractivity contribution in [1.29, 1.82) is 0 Å². The second-order valence-electron chi connectivity index (χ2n) is 5.97. The molecular weight excluding hydrogens is 362 g/mol. The van der Waals surface area contributed by atoms with E-state index in [0.29, 0.717) is 5.75 Å². The Morgan fingerprint density at radius 2 is 1.96 bits per heavy atom. The van der Waals surface area contributed by atoms with Gasteiger partial charge in [0.2, 0.25) is 0 Å². The number of ether oxygens (including phenoxy) is 1. The van der Waals surface area contributed by atoms with Crippen LogP contribution in [0.5, 0.6) is 11.5 Å². The lowest BCUT2D eigenvalue weighted by Gasteiger charge is -2.14. The van der Waals surface area contributed by atoms with Gasteiger partial charge in [-0.3, -0.25) is 14.9 Å². The normalized spacial score (nSPS) is 12.0. The highest BCUT2D eigenvalue weighted by molar-refractivity contribution is 5.89. The van der Waals surface area contributed by atoms with Crippen molar-refractivity contribution in [3.8, 4) is 11.5 Å². The molecule has 0 saturated carbocycles. The smallest absolute Gasteiger partial charge is 0.280 e. The number of carbonyl (C=O) groups is 1. The molecule has 0 heterocycles. The SMILES string of the molecule is CC(Oc1cccc2ccccc12)C(=O)NN=Cc1cc([N+](=O)[O-])ccc1O. The van der Waals surface area contributed by atoms with E-state index in [1.807, 2.05) is 36.4 Å². The van der Waals surface area contributed by atoms with Gasteiger partial charge in [-0.05, 0) is 24.4 Å². The van der Waals surface area contributed by atoms with Crippen LogP contribution >= 0.6 is 0 Å². The summed E-state index contributed by atoms with van der Waals surface area (Å²) in [6.45, 7) is 1.58. The lowest BCUT2D eigenvalue weighted by atomic mass is 10.1. The number of hydrogen-bond donors (Lipinski definition) is 2. The second kappa shape index (κ2) is 8.17. The average Bonchev–Trinajstić information content (AvgIpc) is 2.69. The molecule has 1 amide bonds. The highest BCUT2D eigenvalue weighted by atomic mass is 16.6. The summed E-state index contributed by atoms with van der Waals surface area (Å²) in [5, 5.41) is 26.1. The van der Waals surface area contributed by atoms with E-state index in [9.17, 15) is 20.0 Å². The van der Waals surface area contributed by atoms with Gasteiger partial charge < -0.3 is 9.84 Å². The molecule has 8 nitrogen and oxygen atoms in total. The fourth-order valence-corrected chi connectivity index (χ4v) is 2.56. The predicted molar refractivity (Wildman–Crippen MR) is 105 cm³/mol. The van der Waals surface area contributed by atoms with Crippen LogP contribution in [0.3, 0.4) is 0 Å². The van der Waals surface area contributed by atoms with Crippen LogP contribution in [0.15, 0.2) is 65.8 Å². The Bertz CT molecular complexity index is 1060. The summed E-state index contributed by atoms with van der Waals surface area (Å²) >= 11 is 0. The summed E-state index contributed by atoms with van der Waals surface area (Å²) in [4.78, 5) is 22.4. The van der Waals surface area contributed by atoms with E-state index in [-0.39, 0.29) is 17.0 Å². The molecule has 1 atom stereocenters. The number of fused-ring (bicyclic) bond motifs is 1. The number of nitro groups is 1. The van der Waals surface area contributed by atoms with Crippen LogP contribution in [0.1, 0.15) is 12.5 Å². The Kier molecular flexibility index (Phi) is 5.50. The van der Waals surface area contributed by atoms with E-state index in [1.165, 1.54) is 12.1 Å². The van der Waals surface area contributed by atoms with Crippen molar-refractivity contribution in [2.45, 2.75) is 13.0 Å². The zero-order chi connectivity index (χ0) is 20.1. The van der Waals surface area contributed by atoms with Gasteiger partial charge in [-0.15, -0.1) is 0 Å². The summed E-state index contributed by atoms with van der Waals surface area (Å²) in [6, 6.07) is 16.7. The topological polar surface area (TPSA) is 114 Å². The zero-order valence-electron chi connectivity index (χ0n) is 14.9. The van der Waals surface area contributed by atoms with Crippen LogP contribution < -0.4 is 10.2 Å². The number of benzene rings is 3. The van der Waals surface area contributed by atoms with E-state index in [0.717, 1.165) is 23.1 Å². The van der Waals surface area contributed by atoms with E-state index in [1.54, 1.807) is 13.0 Å². The first-order chi connectivity index (χ1) is 13.5. The summed E-state index contributed by atoms with van der Waals surface area (Å²) in [5.74, 6) is -0.126. The summed E-state index contributed by atoms with van der Waals surface area (Å²) < 4.78 is 5.74.